The molecule has 0 spiro atoms. The summed E-state index contributed by atoms with van der Waals surface area (Å²) in [6.45, 7) is 13.3. The summed E-state index contributed by atoms with van der Waals surface area (Å²) in [4.78, 5) is 0. The summed E-state index contributed by atoms with van der Waals surface area (Å²) in [5.74, 6) is 0. The topological polar surface area (TPSA) is 36.9 Å². The van der Waals surface area contributed by atoms with E-state index in [0.717, 1.165) is 64.8 Å². The molecule has 142 valence electrons. The molecular weight excluding hydrogens is 304 g/mol. The number of hydrogen-bond donors (Lipinski definition) is 0. The highest BCUT2D eigenvalue weighted by Gasteiger charge is 2.45. The van der Waals surface area contributed by atoms with Crippen LogP contribution in [-0.4, -0.2) is 50.8 Å². The molecule has 0 aromatic carbocycles. The second-order valence-corrected chi connectivity index (χ2v) is 6.54. The summed E-state index contributed by atoms with van der Waals surface area (Å²) < 4.78 is 24.4. The van der Waals surface area contributed by atoms with Crippen molar-refractivity contribution < 1.29 is 18.9 Å². The highest BCUT2D eigenvalue weighted by molar-refractivity contribution is 4.95. The molecule has 1 aliphatic heterocycles. The van der Waals surface area contributed by atoms with Gasteiger partial charge in [-0.1, -0.05) is 46.1 Å². The van der Waals surface area contributed by atoms with Gasteiger partial charge in [-0.15, -0.1) is 6.58 Å². The molecule has 0 amide bonds. The minimum absolute atomic E-state index is 0.0192. The van der Waals surface area contributed by atoms with Crippen LogP contribution in [0, 0.1) is 0 Å². The molecule has 0 radical (unpaired) electrons. The van der Waals surface area contributed by atoms with Crippen LogP contribution in [0.15, 0.2) is 12.7 Å². The van der Waals surface area contributed by atoms with E-state index in [1.807, 2.05) is 6.08 Å². The Kier molecular flexibility index (Phi) is 12.5. The van der Waals surface area contributed by atoms with Gasteiger partial charge in [-0.2, -0.15) is 0 Å². The fourth-order valence-electron chi connectivity index (χ4n) is 2.87. The first-order valence-corrected chi connectivity index (χ1v) is 9.85. The standard InChI is InChI=1S/C20H38O4/c1-5-9-13-21-16-18-20(23-15-11-7-3)19(22-14-10-6-2)17(24-18)12-8-4/h8,17-20H,4-7,9-16H2,1-3H3/t17-,18-,19+,20-/m1/s1. The molecule has 4 nitrogen and oxygen atoms in total. The highest BCUT2D eigenvalue weighted by Crippen LogP contribution is 2.29. The summed E-state index contributed by atoms with van der Waals surface area (Å²) in [6.07, 6.45) is 9.22. The third kappa shape index (κ3) is 7.64. The van der Waals surface area contributed by atoms with E-state index in [0.29, 0.717) is 6.61 Å². The van der Waals surface area contributed by atoms with Crippen molar-refractivity contribution in [2.45, 2.75) is 90.1 Å². The quantitative estimate of drug-likeness (QED) is 0.324. The second-order valence-electron chi connectivity index (χ2n) is 6.54. The van der Waals surface area contributed by atoms with Crippen molar-refractivity contribution in [3.8, 4) is 0 Å². The zero-order valence-electron chi connectivity index (χ0n) is 16.0. The van der Waals surface area contributed by atoms with Gasteiger partial charge in [0.1, 0.15) is 18.3 Å². The zero-order chi connectivity index (χ0) is 17.6. The van der Waals surface area contributed by atoms with Gasteiger partial charge in [0.25, 0.3) is 0 Å². The predicted octanol–water partition coefficient (Wildman–Crippen LogP) is 4.52. The van der Waals surface area contributed by atoms with Gasteiger partial charge in [0.15, 0.2) is 0 Å². The van der Waals surface area contributed by atoms with Crippen LogP contribution < -0.4 is 0 Å². The maximum atomic E-state index is 6.22. The van der Waals surface area contributed by atoms with E-state index in [9.17, 15) is 0 Å². The van der Waals surface area contributed by atoms with Gasteiger partial charge in [0.05, 0.1) is 12.7 Å². The minimum Gasteiger partial charge on any atom is -0.379 e. The summed E-state index contributed by atoms with van der Waals surface area (Å²) in [5, 5.41) is 0. The number of rotatable bonds is 15. The second kappa shape index (κ2) is 13.8. The Morgan fingerprint density at radius 3 is 1.92 bits per heavy atom. The monoisotopic (exact) mass is 342 g/mol. The average Bonchev–Trinajstić information content (AvgIpc) is 2.90. The Morgan fingerprint density at radius 1 is 0.833 bits per heavy atom. The normalized spacial score (nSPS) is 26.8. The molecule has 4 atom stereocenters. The minimum atomic E-state index is -0.0460. The van der Waals surface area contributed by atoms with Gasteiger partial charge in [0.2, 0.25) is 0 Å². The third-order valence-electron chi connectivity index (χ3n) is 4.35. The van der Waals surface area contributed by atoms with E-state index in [1.165, 1.54) is 0 Å². The van der Waals surface area contributed by atoms with Crippen LogP contribution >= 0.6 is 0 Å². The first-order chi connectivity index (χ1) is 11.8. The van der Waals surface area contributed by atoms with Crippen LogP contribution in [0.4, 0.5) is 0 Å². The summed E-state index contributed by atoms with van der Waals surface area (Å²) in [7, 11) is 0. The molecule has 1 rings (SSSR count). The van der Waals surface area contributed by atoms with Crippen molar-refractivity contribution in [3.05, 3.63) is 12.7 Å². The molecule has 0 N–H and O–H groups in total. The van der Waals surface area contributed by atoms with Crippen LogP contribution in [0.5, 0.6) is 0 Å². The fourth-order valence-corrected chi connectivity index (χ4v) is 2.87. The Hall–Kier alpha value is -0.420. The van der Waals surface area contributed by atoms with E-state index in [2.05, 4.69) is 27.4 Å². The molecule has 24 heavy (non-hydrogen) atoms. The molecule has 1 fully saturated rings. The van der Waals surface area contributed by atoms with E-state index < -0.39 is 0 Å². The Bertz CT molecular complexity index is 308. The SMILES string of the molecule is C=CC[C@H]1O[C@H](COCCCC)[C@@H](OCCCC)[C@H]1OCCCC. The van der Waals surface area contributed by atoms with Crippen LogP contribution in [-0.2, 0) is 18.9 Å². The molecule has 0 aromatic heterocycles. The Balaban J connectivity index is 2.64. The van der Waals surface area contributed by atoms with Crippen molar-refractivity contribution in [1.29, 1.82) is 0 Å². The molecule has 0 saturated carbocycles. The van der Waals surface area contributed by atoms with Gasteiger partial charge in [0, 0.05) is 19.8 Å². The summed E-state index contributed by atoms with van der Waals surface area (Å²) >= 11 is 0. The lowest BCUT2D eigenvalue weighted by Crippen LogP contribution is -2.39. The molecule has 0 aromatic rings. The molecule has 1 saturated heterocycles. The first-order valence-electron chi connectivity index (χ1n) is 9.85. The summed E-state index contributed by atoms with van der Waals surface area (Å²) in [6, 6.07) is 0. The van der Waals surface area contributed by atoms with Gasteiger partial charge in [-0.25, -0.2) is 0 Å². The smallest absolute Gasteiger partial charge is 0.115 e. The van der Waals surface area contributed by atoms with Crippen LogP contribution in [0.3, 0.4) is 0 Å². The van der Waals surface area contributed by atoms with Crippen LogP contribution in [0.1, 0.15) is 65.7 Å². The number of unbranched alkanes of at least 4 members (excludes halogenated alkanes) is 3. The fraction of sp³-hybridized carbons (Fsp3) is 0.900. The first kappa shape index (κ1) is 21.6. The average molecular weight is 343 g/mol. The van der Waals surface area contributed by atoms with Crippen LogP contribution in [0.25, 0.3) is 0 Å². The van der Waals surface area contributed by atoms with Gasteiger partial charge < -0.3 is 18.9 Å². The number of hydrogen-bond acceptors (Lipinski definition) is 4. The van der Waals surface area contributed by atoms with Crippen molar-refractivity contribution in [2.24, 2.45) is 0 Å². The lowest BCUT2D eigenvalue weighted by molar-refractivity contribution is -0.0795. The molecule has 1 heterocycles. The van der Waals surface area contributed by atoms with Gasteiger partial charge in [-0.05, 0) is 25.7 Å². The largest absolute Gasteiger partial charge is 0.379 e. The van der Waals surface area contributed by atoms with E-state index in [-0.39, 0.29) is 24.4 Å². The predicted molar refractivity (Wildman–Crippen MR) is 98.5 cm³/mol. The molecule has 1 aliphatic rings. The molecular formula is C20H38O4. The third-order valence-corrected chi connectivity index (χ3v) is 4.35. The lowest BCUT2D eigenvalue weighted by Gasteiger charge is -2.25. The zero-order valence-corrected chi connectivity index (χ0v) is 16.0. The maximum absolute atomic E-state index is 6.22. The van der Waals surface area contributed by atoms with Gasteiger partial charge >= 0.3 is 0 Å². The molecule has 0 aliphatic carbocycles. The molecule has 4 heteroatoms. The Morgan fingerprint density at radius 2 is 1.38 bits per heavy atom. The van der Waals surface area contributed by atoms with Crippen molar-refractivity contribution in [1.82, 2.24) is 0 Å². The maximum Gasteiger partial charge on any atom is 0.115 e. The van der Waals surface area contributed by atoms with Crippen molar-refractivity contribution >= 4 is 0 Å². The van der Waals surface area contributed by atoms with Crippen LogP contribution in [0.2, 0.25) is 0 Å². The lowest BCUT2D eigenvalue weighted by atomic mass is 10.0. The molecule has 0 unspecified atom stereocenters. The van der Waals surface area contributed by atoms with E-state index >= 15 is 0 Å². The summed E-state index contributed by atoms with van der Waals surface area (Å²) in [5.41, 5.74) is 0. The highest BCUT2D eigenvalue weighted by atomic mass is 16.6. The van der Waals surface area contributed by atoms with E-state index in [1.54, 1.807) is 0 Å². The van der Waals surface area contributed by atoms with Gasteiger partial charge in [-0.3, -0.25) is 0 Å². The van der Waals surface area contributed by atoms with Crippen molar-refractivity contribution in [2.75, 3.05) is 26.4 Å². The number of ether oxygens (including phenoxy) is 4. The Labute approximate surface area is 148 Å². The van der Waals surface area contributed by atoms with Crippen molar-refractivity contribution in [3.63, 3.8) is 0 Å². The van der Waals surface area contributed by atoms with E-state index in [4.69, 9.17) is 18.9 Å². The molecule has 0 bridgehead atoms.